The molecule has 0 radical (unpaired) electrons. The number of carboxylic acids is 1. The van der Waals surface area contributed by atoms with Crippen molar-refractivity contribution in [2.75, 3.05) is 20.3 Å². The predicted octanol–water partition coefficient (Wildman–Crippen LogP) is 2.15. The Bertz CT molecular complexity index is 324. The molecular formula is C15H27NO4. The van der Waals surface area contributed by atoms with Crippen molar-refractivity contribution in [1.29, 1.82) is 0 Å². The van der Waals surface area contributed by atoms with Gasteiger partial charge in [0.15, 0.2) is 0 Å². The molecule has 1 aliphatic carbocycles. The molecule has 0 saturated heterocycles. The van der Waals surface area contributed by atoms with Crippen LogP contribution in [0.25, 0.3) is 0 Å². The lowest BCUT2D eigenvalue weighted by Gasteiger charge is -2.34. The van der Waals surface area contributed by atoms with Crippen LogP contribution in [0.15, 0.2) is 0 Å². The standard InChI is InChI=1S/C15H27NO4/c1-4-11(2)16(9-10-20-3)14(17)12-5-7-13(8-6-12)15(18)19/h11-13H,4-10H2,1-3H3,(H,18,19). The van der Waals surface area contributed by atoms with E-state index in [-0.39, 0.29) is 23.8 Å². The first-order chi connectivity index (χ1) is 9.51. The molecule has 5 nitrogen and oxygen atoms in total. The predicted molar refractivity (Wildman–Crippen MR) is 76.4 cm³/mol. The summed E-state index contributed by atoms with van der Waals surface area (Å²) in [4.78, 5) is 25.5. The quantitative estimate of drug-likeness (QED) is 0.778. The topological polar surface area (TPSA) is 66.8 Å². The highest BCUT2D eigenvalue weighted by molar-refractivity contribution is 5.79. The summed E-state index contributed by atoms with van der Waals surface area (Å²) in [6.07, 6.45) is 3.53. The van der Waals surface area contributed by atoms with Crippen molar-refractivity contribution in [3.05, 3.63) is 0 Å². The van der Waals surface area contributed by atoms with Gasteiger partial charge in [-0.15, -0.1) is 0 Å². The highest BCUT2D eigenvalue weighted by Gasteiger charge is 2.33. The zero-order chi connectivity index (χ0) is 15.1. The maximum absolute atomic E-state index is 12.6. The third-order valence-electron chi connectivity index (χ3n) is 4.37. The summed E-state index contributed by atoms with van der Waals surface area (Å²) in [5, 5.41) is 9.00. The second kappa shape index (κ2) is 8.25. The molecule has 1 amide bonds. The molecule has 1 rings (SSSR count). The third kappa shape index (κ3) is 4.47. The second-order valence-electron chi connectivity index (χ2n) is 5.67. The zero-order valence-corrected chi connectivity index (χ0v) is 12.8. The molecule has 0 bridgehead atoms. The van der Waals surface area contributed by atoms with Crippen molar-refractivity contribution in [3.8, 4) is 0 Å². The molecule has 0 aromatic carbocycles. The van der Waals surface area contributed by atoms with Gasteiger partial charge in [0.1, 0.15) is 0 Å². The van der Waals surface area contributed by atoms with E-state index in [1.807, 2.05) is 4.90 Å². The highest BCUT2D eigenvalue weighted by atomic mass is 16.5. The number of carbonyl (C=O) groups excluding carboxylic acids is 1. The first-order valence-electron chi connectivity index (χ1n) is 7.53. The maximum atomic E-state index is 12.6. The van der Waals surface area contributed by atoms with Gasteiger partial charge >= 0.3 is 5.97 Å². The van der Waals surface area contributed by atoms with Gasteiger partial charge in [-0.3, -0.25) is 9.59 Å². The number of methoxy groups -OCH3 is 1. The van der Waals surface area contributed by atoms with Gasteiger partial charge < -0.3 is 14.7 Å². The van der Waals surface area contributed by atoms with Gasteiger partial charge in [-0.25, -0.2) is 0 Å². The van der Waals surface area contributed by atoms with Gasteiger partial charge in [0.2, 0.25) is 5.91 Å². The normalized spacial score (nSPS) is 24.1. The number of hydrogen-bond donors (Lipinski definition) is 1. The highest BCUT2D eigenvalue weighted by Crippen LogP contribution is 2.30. The largest absolute Gasteiger partial charge is 0.481 e. The molecule has 5 heteroatoms. The SMILES string of the molecule is CCC(C)N(CCOC)C(=O)C1CCC(C(=O)O)CC1. The fraction of sp³-hybridized carbons (Fsp3) is 0.867. The molecule has 0 aromatic rings. The summed E-state index contributed by atoms with van der Waals surface area (Å²) in [6.45, 7) is 5.28. The summed E-state index contributed by atoms with van der Waals surface area (Å²) >= 11 is 0. The third-order valence-corrected chi connectivity index (χ3v) is 4.37. The lowest BCUT2D eigenvalue weighted by Crippen LogP contribution is -2.44. The summed E-state index contributed by atoms with van der Waals surface area (Å²) in [5.41, 5.74) is 0. The van der Waals surface area contributed by atoms with E-state index in [4.69, 9.17) is 9.84 Å². The van der Waals surface area contributed by atoms with E-state index >= 15 is 0 Å². The fourth-order valence-corrected chi connectivity index (χ4v) is 2.78. The Morgan fingerprint density at radius 3 is 2.25 bits per heavy atom. The number of carbonyl (C=O) groups is 2. The number of amides is 1. The van der Waals surface area contributed by atoms with Crippen LogP contribution < -0.4 is 0 Å². The Labute approximate surface area is 121 Å². The van der Waals surface area contributed by atoms with Crippen LogP contribution in [0.4, 0.5) is 0 Å². The van der Waals surface area contributed by atoms with E-state index in [0.29, 0.717) is 38.8 Å². The van der Waals surface area contributed by atoms with E-state index < -0.39 is 5.97 Å². The van der Waals surface area contributed by atoms with Crippen LogP contribution in [-0.2, 0) is 14.3 Å². The van der Waals surface area contributed by atoms with Gasteiger partial charge in [-0.1, -0.05) is 6.92 Å². The molecule has 1 N–H and O–H groups in total. The van der Waals surface area contributed by atoms with E-state index in [9.17, 15) is 9.59 Å². The van der Waals surface area contributed by atoms with Crippen molar-refractivity contribution in [1.82, 2.24) is 4.90 Å². The van der Waals surface area contributed by atoms with Crippen LogP contribution >= 0.6 is 0 Å². The molecule has 1 aliphatic rings. The van der Waals surface area contributed by atoms with E-state index in [2.05, 4.69) is 13.8 Å². The number of rotatable bonds is 7. The van der Waals surface area contributed by atoms with Gasteiger partial charge in [0.05, 0.1) is 12.5 Å². The first kappa shape index (κ1) is 17.0. The van der Waals surface area contributed by atoms with Crippen LogP contribution in [0.2, 0.25) is 0 Å². The Hall–Kier alpha value is -1.10. The molecule has 1 fully saturated rings. The number of ether oxygens (including phenoxy) is 1. The van der Waals surface area contributed by atoms with Crippen molar-refractivity contribution >= 4 is 11.9 Å². The molecule has 1 saturated carbocycles. The van der Waals surface area contributed by atoms with Crippen LogP contribution in [0.3, 0.4) is 0 Å². The molecule has 0 aliphatic heterocycles. The van der Waals surface area contributed by atoms with E-state index in [0.717, 1.165) is 6.42 Å². The number of carboxylic acid groups (broad SMARTS) is 1. The Kier molecular flexibility index (Phi) is 6.99. The van der Waals surface area contributed by atoms with Crippen LogP contribution in [0.1, 0.15) is 46.0 Å². The molecule has 0 spiro atoms. The average molecular weight is 285 g/mol. The molecule has 116 valence electrons. The Balaban J connectivity index is 2.59. The molecule has 1 unspecified atom stereocenters. The second-order valence-corrected chi connectivity index (χ2v) is 5.67. The zero-order valence-electron chi connectivity index (χ0n) is 12.8. The first-order valence-corrected chi connectivity index (χ1v) is 7.53. The molecule has 0 heterocycles. The number of aliphatic carboxylic acids is 1. The molecular weight excluding hydrogens is 258 g/mol. The Morgan fingerprint density at radius 1 is 1.25 bits per heavy atom. The lowest BCUT2D eigenvalue weighted by molar-refractivity contribution is -0.146. The number of nitrogens with zero attached hydrogens (tertiary/aromatic N) is 1. The summed E-state index contributed by atoms with van der Waals surface area (Å²) in [7, 11) is 1.64. The van der Waals surface area contributed by atoms with Crippen molar-refractivity contribution in [3.63, 3.8) is 0 Å². The molecule has 0 aromatic heterocycles. The van der Waals surface area contributed by atoms with Crippen molar-refractivity contribution in [2.45, 2.75) is 52.0 Å². The average Bonchev–Trinajstić information content (AvgIpc) is 2.47. The maximum Gasteiger partial charge on any atom is 0.306 e. The number of hydrogen-bond acceptors (Lipinski definition) is 3. The monoisotopic (exact) mass is 285 g/mol. The van der Waals surface area contributed by atoms with Crippen molar-refractivity contribution < 1.29 is 19.4 Å². The molecule has 1 atom stereocenters. The van der Waals surface area contributed by atoms with E-state index in [1.54, 1.807) is 7.11 Å². The fourth-order valence-electron chi connectivity index (χ4n) is 2.78. The lowest BCUT2D eigenvalue weighted by atomic mass is 9.81. The minimum Gasteiger partial charge on any atom is -0.481 e. The van der Waals surface area contributed by atoms with Crippen LogP contribution in [0, 0.1) is 11.8 Å². The van der Waals surface area contributed by atoms with Gasteiger partial charge in [-0.05, 0) is 39.0 Å². The van der Waals surface area contributed by atoms with E-state index in [1.165, 1.54) is 0 Å². The van der Waals surface area contributed by atoms with Crippen LogP contribution in [-0.4, -0.2) is 48.2 Å². The minimum absolute atomic E-state index is 0.0172. The van der Waals surface area contributed by atoms with Gasteiger partial charge in [0.25, 0.3) is 0 Å². The Morgan fingerprint density at radius 2 is 1.80 bits per heavy atom. The summed E-state index contributed by atoms with van der Waals surface area (Å²) in [6, 6.07) is 0.204. The van der Waals surface area contributed by atoms with Gasteiger partial charge in [0, 0.05) is 25.6 Å². The minimum atomic E-state index is -0.728. The van der Waals surface area contributed by atoms with Gasteiger partial charge in [-0.2, -0.15) is 0 Å². The smallest absolute Gasteiger partial charge is 0.306 e. The summed E-state index contributed by atoms with van der Waals surface area (Å²) < 4.78 is 5.08. The van der Waals surface area contributed by atoms with Crippen molar-refractivity contribution in [2.24, 2.45) is 11.8 Å². The van der Waals surface area contributed by atoms with Crippen LogP contribution in [0.5, 0.6) is 0 Å². The molecule has 20 heavy (non-hydrogen) atoms. The summed E-state index contributed by atoms with van der Waals surface area (Å²) in [5.74, 6) is -0.846.